The summed E-state index contributed by atoms with van der Waals surface area (Å²) in [6.45, 7) is 2.01. The molecular weight excluding hydrogens is 186 g/mol. The van der Waals surface area contributed by atoms with Crippen LogP contribution < -0.4 is 5.32 Å². The van der Waals surface area contributed by atoms with E-state index in [4.69, 9.17) is 4.42 Å². The first-order valence-electron chi connectivity index (χ1n) is 6.03. The molecule has 1 aromatic rings. The van der Waals surface area contributed by atoms with Gasteiger partial charge in [-0.25, -0.2) is 0 Å². The van der Waals surface area contributed by atoms with Gasteiger partial charge in [0, 0.05) is 0 Å². The Bertz CT molecular complexity index is 299. The van der Waals surface area contributed by atoms with Gasteiger partial charge in [0.25, 0.3) is 0 Å². The smallest absolute Gasteiger partial charge is 0.121 e. The molecular formula is C13H21NO. The number of furan rings is 1. The van der Waals surface area contributed by atoms with Crippen LogP contribution in [0, 0.1) is 12.8 Å². The van der Waals surface area contributed by atoms with Gasteiger partial charge < -0.3 is 9.73 Å². The molecule has 1 fully saturated rings. The van der Waals surface area contributed by atoms with Crippen LogP contribution in [0.4, 0.5) is 0 Å². The van der Waals surface area contributed by atoms with E-state index in [-0.39, 0.29) is 0 Å². The largest absolute Gasteiger partial charge is 0.465 e. The normalized spacial score (nSPS) is 19.6. The maximum absolute atomic E-state index is 5.68. The van der Waals surface area contributed by atoms with E-state index in [1.165, 1.54) is 32.1 Å². The third-order valence-electron chi connectivity index (χ3n) is 3.50. The first kappa shape index (κ1) is 10.7. The molecule has 1 aliphatic carbocycles. The van der Waals surface area contributed by atoms with Gasteiger partial charge in [0.2, 0.25) is 0 Å². The van der Waals surface area contributed by atoms with E-state index in [0.717, 1.165) is 17.4 Å². The average molecular weight is 207 g/mol. The third kappa shape index (κ3) is 2.63. The Morgan fingerprint density at radius 2 is 2.13 bits per heavy atom. The lowest BCUT2D eigenvalue weighted by Gasteiger charge is -2.17. The Labute approximate surface area is 92.1 Å². The van der Waals surface area contributed by atoms with Crippen molar-refractivity contribution in [1.29, 1.82) is 0 Å². The highest BCUT2D eigenvalue weighted by Gasteiger charge is 2.21. The van der Waals surface area contributed by atoms with Gasteiger partial charge in [0.1, 0.15) is 11.5 Å². The summed E-state index contributed by atoms with van der Waals surface area (Å²) in [5, 5.41) is 3.36. The minimum absolute atomic E-state index is 0.404. The van der Waals surface area contributed by atoms with E-state index in [0.29, 0.717) is 6.04 Å². The molecule has 0 spiro atoms. The lowest BCUT2D eigenvalue weighted by atomic mass is 9.97. The van der Waals surface area contributed by atoms with Crippen molar-refractivity contribution in [2.75, 3.05) is 7.05 Å². The Morgan fingerprint density at radius 1 is 1.40 bits per heavy atom. The highest BCUT2D eigenvalue weighted by atomic mass is 16.3. The van der Waals surface area contributed by atoms with E-state index >= 15 is 0 Å². The van der Waals surface area contributed by atoms with Crippen LogP contribution in [0.5, 0.6) is 0 Å². The van der Waals surface area contributed by atoms with Gasteiger partial charge in [-0.15, -0.1) is 0 Å². The molecule has 84 valence electrons. The summed E-state index contributed by atoms with van der Waals surface area (Å²) < 4.78 is 5.68. The van der Waals surface area contributed by atoms with Gasteiger partial charge in [-0.05, 0) is 38.4 Å². The average Bonchev–Trinajstić information content (AvgIpc) is 2.85. The Morgan fingerprint density at radius 3 is 2.67 bits per heavy atom. The van der Waals surface area contributed by atoms with Crippen LogP contribution in [-0.2, 0) is 0 Å². The fourth-order valence-corrected chi connectivity index (χ4v) is 2.60. The molecule has 2 heteroatoms. The number of aryl methyl sites for hydroxylation is 1. The van der Waals surface area contributed by atoms with Crippen LogP contribution in [0.2, 0.25) is 0 Å². The first-order valence-corrected chi connectivity index (χ1v) is 6.03. The summed E-state index contributed by atoms with van der Waals surface area (Å²) in [6.07, 6.45) is 6.86. The van der Waals surface area contributed by atoms with Crippen molar-refractivity contribution < 1.29 is 4.42 Å². The van der Waals surface area contributed by atoms with Gasteiger partial charge in [0.15, 0.2) is 0 Å². The molecule has 0 saturated heterocycles. The second-order valence-electron chi connectivity index (χ2n) is 4.68. The SMILES string of the molecule is CNC(CC1CCCC1)c1ccc(C)o1. The topological polar surface area (TPSA) is 25.2 Å². The fourth-order valence-electron chi connectivity index (χ4n) is 2.60. The zero-order chi connectivity index (χ0) is 10.7. The summed E-state index contributed by atoms with van der Waals surface area (Å²) in [5.74, 6) is 3.01. The molecule has 0 bridgehead atoms. The molecule has 1 aromatic heterocycles. The van der Waals surface area contributed by atoms with Crippen molar-refractivity contribution in [3.63, 3.8) is 0 Å². The van der Waals surface area contributed by atoms with Crippen molar-refractivity contribution in [1.82, 2.24) is 5.32 Å². The van der Waals surface area contributed by atoms with Gasteiger partial charge in [-0.1, -0.05) is 25.7 Å². The molecule has 0 aliphatic heterocycles. The van der Waals surface area contributed by atoms with Crippen LogP contribution in [0.15, 0.2) is 16.5 Å². The lowest BCUT2D eigenvalue weighted by molar-refractivity contribution is 0.351. The molecule has 1 heterocycles. The van der Waals surface area contributed by atoms with Crippen LogP contribution >= 0.6 is 0 Å². The fraction of sp³-hybridized carbons (Fsp3) is 0.692. The van der Waals surface area contributed by atoms with E-state index in [9.17, 15) is 0 Å². The van der Waals surface area contributed by atoms with Crippen LogP contribution in [0.1, 0.15) is 49.7 Å². The zero-order valence-electron chi connectivity index (χ0n) is 9.75. The Hall–Kier alpha value is -0.760. The summed E-state index contributed by atoms with van der Waals surface area (Å²) in [4.78, 5) is 0. The lowest BCUT2D eigenvalue weighted by Crippen LogP contribution is -2.18. The van der Waals surface area contributed by atoms with Gasteiger partial charge in [-0.2, -0.15) is 0 Å². The van der Waals surface area contributed by atoms with E-state index in [2.05, 4.69) is 11.4 Å². The highest BCUT2D eigenvalue weighted by molar-refractivity contribution is 5.09. The van der Waals surface area contributed by atoms with Gasteiger partial charge in [0.05, 0.1) is 6.04 Å². The van der Waals surface area contributed by atoms with Crippen molar-refractivity contribution in [2.45, 2.75) is 45.1 Å². The molecule has 0 radical (unpaired) electrons. The number of nitrogens with one attached hydrogen (secondary N) is 1. The summed E-state index contributed by atoms with van der Waals surface area (Å²) in [7, 11) is 2.03. The van der Waals surface area contributed by atoms with Crippen LogP contribution in [-0.4, -0.2) is 7.05 Å². The standard InChI is InChI=1S/C13H21NO/c1-10-7-8-13(15-10)12(14-2)9-11-5-3-4-6-11/h7-8,11-12,14H,3-6,9H2,1-2H3. The van der Waals surface area contributed by atoms with Crippen molar-refractivity contribution >= 4 is 0 Å². The Balaban J connectivity index is 1.97. The molecule has 1 saturated carbocycles. The van der Waals surface area contributed by atoms with Gasteiger partial charge in [-0.3, -0.25) is 0 Å². The second kappa shape index (κ2) is 4.84. The Kier molecular flexibility index (Phi) is 3.47. The highest BCUT2D eigenvalue weighted by Crippen LogP contribution is 2.33. The van der Waals surface area contributed by atoms with E-state index in [1.54, 1.807) is 0 Å². The maximum Gasteiger partial charge on any atom is 0.121 e. The number of hydrogen-bond acceptors (Lipinski definition) is 2. The minimum atomic E-state index is 0.404. The molecule has 1 atom stereocenters. The number of hydrogen-bond donors (Lipinski definition) is 1. The third-order valence-corrected chi connectivity index (χ3v) is 3.50. The first-order chi connectivity index (χ1) is 7.29. The maximum atomic E-state index is 5.68. The molecule has 1 unspecified atom stereocenters. The molecule has 1 aliphatic rings. The summed E-state index contributed by atoms with van der Waals surface area (Å²) in [5.41, 5.74) is 0. The predicted octanol–water partition coefficient (Wildman–Crippen LogP) is 3.43. The molecule has 1 N–H and O–H groups in total. The van der Waals surface area contributed by atoms with Crippen molar-refractivity contribution in [2.24, 2.45) is 5.92 Å². The summed E-state index contributed by atoms with van der Waals surface area (Å²) in [6, 6.07) is 4.56. The molecule has 0 aromatic carbocycles. The van der Waals surface area contributed by atoms with Gasteiger partial charge >= 0.3 is 0 Å². The quantitative estimate of drug-likeness (QED) is 0.818. The predicted molar refractivity (Wildman–Crippen MR) is 61.8 cm³/mol. The van der Waals surface area contributed by atoms with E-state index < -0.39 is 0 Å². The number of rotatable bonds is 4. The summed E-state index contributed by atoms with van der Waals surface area (Å²) >= 11 is 0. The van der Waals surface area contributed by atoms with Crippen molar-refractivity contribution in [3.05, 3.63) is 23.7 Å². The molecule has 0 amide bonds. The second-order valence-corrected chi connectivity index (χ2v) is 4.68. The van der Waals surface area contributed by atoms with Crippen LogP contribution in [0.25, 0.3) is 0 Å². The zero-order valence-corrected chi connectivity index (χ0v) is 9.75. The molecule has 15 heavy (non-hydrogen) atoms. The molecule has 2 rings (SSSR count). The van der Waals surface area contributed by atoms with Crippen LogP contribution in [0.3, 0.4) is 0 Å². The van der Waals surface area contributed by atoms with E-state index in [1.807, 2.05) is 20.0 Å². The molecule has 2 nitrogen and oxygen atoms in total. The minimum Gasteiger partial charge on any atom is -0.465 e. The van der Waals surface area contributed by atoms with Crippen molar-refractivity contribution in [3.8, 4) is 0 Å². The monoisotopic (exact) mass is 207 g/mol.